The van der Waals surface area contributed by atoms with Crippen molar-refractivity contribution in [3.63, 3.8) is 0 Å². The second-order valence-corrected chi connectivity index (χ2v) is 10.2. The zero-order valence-corrected chi connectivity index (χ0v) is 22.9. The van der Waals surface area contributed by atoms with Gasteiger partial charge in [0.1, 0.15) is 23.4 Å². The van der Waals surface area contributed by atoms with Crippen LogP contribution in [0.5, 0.6) is 5.75 Å². The fourth-order valence-corrected chi connectivity index (χ4v) is 4.72. The SMILES string of the molecule is COc1cnc(C(F)F)cc1-c1cc(C#CCN2C(=O)CCC2OC)ncc1C(=O)Nc1nnc(C#CC2CC2)s1. The van der Waals surface area contributed by atoms with E-state index in [0.717, 1.165) is 30.2 Å². The first-order chi connectivity index (χ1) is 19.9. The van der Waals surface area contributed by atoms with Crippen molar-refractivity contribution in [2.75, 3.05) is 26.1 Å². The van der Waals surface area contributed by atoms with Crippen LogP contribution in [0.4, 0.5) is 13.9 Å². The van der Waals surface area contributed by atoms with Crippen LogP contribution in [0.2, 0.25) is 0 Å². The summed E-state index contributed by atoms with van der Waals surface area (Å²) in [5.41, 5.74) is 0.278. The number of carbonyl (C=O) groups excluding carboxylic acids is 2. The van der Waals surface area contributed by atoms with Gasteiger partial charge in [0.05, 0.1) is 25.4 Å². The van der Waals surface area contributed by atoms with Crippen LogP contribution in [-0.2, 0) is 9.53 Å². The second-order valence-electron chi connectivity index (χ2n) is 9.19. The second kappa shape index (κ2) is 12.4. The Bertz CT molecular complexity index is 1600. The molecule has 41 heavy (non-hydrogen) atoms. The summed E-state index contributed by atoms with van der Waals surface area (Å²) in [5, 5.41) is 11.4. The molecule has 2 aliphatic rings. The molecule has 0 spiro atoms. The maximum Gasteiger partial charge on any atom is 0.280 e. The third kappa shape index (κ3) is 6.65. The van der Waals surface area contributed by atoms with E-state index in [-0.39, 0.29) is 51.9 Å². The van der Waals surface area contributed by atoms with Crippen molar-refractivity contribution in [1.82, 2.24) is 25.1 Å². The molecule has 4 heterocycles. The van der Waals surface area contributed by atoms with E-state index in [2.05, 4.69) is 49.2 Å². The van der Waals surface area contributed by atoms with Gasteiger partial charge in [-0.3, -0.25) is 19.9 Å². The number of ether oxygens (including phenoxy) is 2. The van der Waals surface area contributed by atoms with Gasteiger partial charge in [-0.15, -0.1) is 10.2 Å². The Labute approximate surface area is 238 Å². The van der Waals surface area contributed by atoms with Crippen molar-refractivity contribution in [2.24, 2.45) is 5.92 Å². The van der Waals surface area contributed by atoms with Gasteiger partial charge in [-0.1, -0.05) is 23.2 Å². The van der Waals surface area contributed by atoms with Crippen LogP contribution in [0, 0.1) is 29.6 Å². The first-order valence-electron chi connectivity index (χ1n) is 12.7. The van der Waals surface area contributed by atoms with Crippen LogP contribution in [0.15, 0.2) is 24.5 Å². The zero-order valence-electron chi connectivity index (χ0n) is 22.1. The van der Waals surface area contributed by atoms with E-state index in [1.54, 1.807) is 0 Å². The highest BCUT2D eigenvalue weighted by Gasteiger charge is 2.30. The van der Waals surface area contributed by atoms with Crippen molar-refractivity contribution in [1.29, 1.82) is 0 Å². The average molecular weight is 579 g/mol. The molecule has 2 amide bonds. The standard InChI is InChI=1S/C28H24F2N6O4S/c1-39-22-15-32-21(26(29)30)13-19(22)18-12-17(4-3-11-36-24(37)9-10-25(36)40-2)31-14-20(18)27(38)33-28-35-34-23(41-28)8-7-16-5-6-16/h12-16,25-26H,5-6,9-11H2,1-2H3,(H,33,35,38). The number of likely N-dealkylation sites (tertiary alicyclic amines) is 1. The Hall–Kier alpha value is -4.46. The lowest BCUT2D eigenvalue weighted by Gasteiger charge is -2.20. The van der Waals surface area contributed by atoms with Crippen molar-refractivity contribution < 1.29 is 27.8 Å². The molecule has 3 aromatic heterocycles. The van der Waals surface area contributed by atoms with E-state index in [4.69, 9.17) is 9.47 Å². The Kier molecular flexibility index (Phi) is 8.47. The van der Waals surface area contributed by atoms with Crippen molar-refractivity contribution in [3.05, 3.63) is 46.5 Å². The molecular formula is C28H24F2N6O4S. The molecule has 3 aromatic rings. The summed E-state index contributed by atoms with van der Waals surface area (Å²) in [4.78, 5) is 35.1. The number of alkyl halides is 2. The van der Waals surface area contributed by atoms with E-state index in [1.807, 2.05) is 0 Å². The van der Waals surface area contributed by atoms with Crippen molar-refractivity contribution in [2.45, 2.75) is 38.3 Å². The molecule has 1 saturated heterocycles. The van der Waals surface area contributed by atoms with Crippen molar-refractivity contribution in [3.8, 4) is 40.6 Å². The third-order valence-corrected chi connectivity index (χ3v) is 7.14. The topological polar surface area (TPSA) is 119 Å². The molecule has 10 nitrogen and oxygen atoms in total. The van der Waals surface area contributed by atoms with Crippen LogP contribution >= 0.6 is 11.3 Å². The number of halogens is 2. The molecule has 2 fully saturated rings. The quantitative estimate of drug-likeness (QED) is 0.420. The lowest BCUT2D eigenvalue weighted by atomic mass is 9.99. The van der Waals surface area contributed by atoms with Gasteiger partial charge in [-0.2, -0.15) is 0 Å². The zero-order chi connectivity index (χ0) is 28.9. The minimum Gasteiger partial charge on any atom is -0.494 e. The summed E-state index contributed by atoms with van der Waals surface area (Å²) in [6.45, 7) is 0.119. The fraction of sp³-hybridized carbons (Fsp3) is 0.357. The van der Waals surface area contributed by atoms with Gasteiger partial charge >= 0.3 is 0 Å². The van der Waals surface area contributed by atoms with E-state index >= 15 is 0 Å². The van der Waals surface area contributed by atoms with Crippen LogP contribution in [0.3, 0.4) is 0 Å². The largest absolute Gasteiger partial charge is 0.494 e. The Morgan fingerprint density at radius 2 is 1.98 bits per heavy atom. The Balaban J connectivity index is 1.47. The van der Waals surface area contributed by atoms with Gasteiger partial charge in [0.15, 0.2) is 5.01 Å². The highest BCUT2D eigenvalue weighted by atomic mass is 32.1. The number of hydrogen-bond donors (Lipinski definition) is 1. The summed E-state index contributed by atoms with van der Waals surface area (Å²) in [6, 6.07) is 2.66. The molecule has 210 valence electrons. The van der Waals surface area contributed by atoms with E-state index in [1.165, 1.54) is 37.6 Å². The first-order valence-corrected chi connectivity index (χ1v) is 13.5. The van der Waals surface area contributed by atoms with Gasteiger partial charge in [-0.05, 0) is 36.8 Å². The number of hydrogen-bond acceptors (Lipinski definition) is 9. The van der Waals surface area contributed by atoms with Crippen LogP contribution in [0.1, 0.15) is 58.9 Å². The van der Waals surface area contributed by atoms with Crippen LogP contribution in [-0.4, -0.2) is 63.9 Å². The summed E-state index contributed by atoms with van der Waals surface area (Å²) in [6.07, 6.45) is 2.38. The number of rotatable bonds is 7. The highest BCUT2D eigenvalue weighted by molar-refractivity contribution is 7.15. The third-order valence-electron chi connectivity index (χ3n) is 6.39. The highest BCUT2D eigenvalue weighted by Crippen LogP contribution is 2.35. The molecule has 1 unspecified atom stereocenters. The molecule has 1 N–H and O–H groups in total. The molecule has 0 aromatic carbocycles. The predicted octanol–water partition coefficient (Wildman–Crippen LogP) is 3.90. The van der Waals surface area contributed by atoms with Gasteiger partial charge in [-0.25, -0.2) is 13.8 Å². The number of aromatic nitrogens is 4. The maximum absolute atomic E-state index is 13.6. The minimum atomic E-state index is -2.85. The Morgan fingerprint density at radius 1 is 1.15 bits per heavy atom. The minimum absolute atomic E-state index is 0.0637. The lowest BCUT2D eigenvalue weighted by Crippen LogP contribution is -2.34. The van der Waals surface area contributed by atoms with Crippen LogP contribution in [0.25, 0.3) is 11.1 Å². The monoisotopic (exact) mass is 578 g/mol. The number of anilines is 1. The molecule has 1 saturated carbocycles. The van der Waals surface area contributed by atoms with E-state index in [9.17, 15) is 18.4 Å². The molecule has 5 rings (SSSR count). The molecule has 0 bridgehead atoms. The number of nitrogens with zero attached hydrogens (tertiary/aromatic N) is 5. The first kappa shape index (κ1) is 28.1. The summed E-state index contributed by atoms with van der Waals surface area (Å²) < 4.78 is 37.8. The molecule has 1 aliphatic carbocycles. The van der Waals surface area contributed by atoms with Gasteiger partial charge in [0, 0.05) is 43.2 Å². The normalized spacial score (nSPS) is 16.2. The van der Waals surface area contributed by atoms with E-state index in [0.29, 0.717) is 23.8 Å². The molecule has 1 atom stereocenters. The number of amides is 2. The Morgan fingerprint density at radius 3 is 2.71 bits per heavy atom. The summed E-state index contributed by atoms with van der Waals surface area (Å²) in [7, 11) is 2.90. The number of carbonyl (C=O) groups is 2. The molecular weight excluding hydrogens is 554 g/mol. The summed E-state index contributed by atoms with van der Waals surface area (Å²) >= 11 is 1.12. The molecule has 1 aliphatic heterocycles. The maximum atomic E-state index is 13.6. The van der Waals surface area contributed by atoms with E-state index < -0.39 is 18.0 Å². The van der Waals surface area contributed by atoms with Gasteiger partial charge in [0.25, 0.3) is 12.3 Å². The van der Waals surface area contributed by atoms with Crippen molar-refractivity contribution >= 4 is 28.3 Å². The summed E-state index contributed by atoms with van der Waals surface area (Å²) in [5.74, 6) is 11.7. The average Bonchev–Trinajstić information content (AvgIpc) is 3.60. The lowest BCUT2D eigenvalue weighted by molar-refractivity contribution is -0.133. The number of methoxy groups -OCH3 is 2. The predicted molar refractivity (Wildman–Crippen MR) is 145 cm³/mol. The van der Waals surface area contributed by atoms with Gasteiger partial charge in [0.2, 0.25) is 11.0 Å². The number of nitrogens with one attached hydrogen (secondary N) is 1. The molecule has 13 heteroatoms. The van der Waals surface area contributed by atoms with Gasteiger partial charge < -0.3 is 14.4 Å². The fourth-order valence-electron chi connectivity index (χ4n) is 4.12. The molecule has 0 radical (unpaired) electrons. The number of pyridine rings is 2. The smallest absolute Gasteiger partial charge is 0.280 e. The van der Waals surface area contributed by atoms with Crippen LogP contribution < -0.4 is 10.1 Å².